The molecule has 3 atom stereocenters. The Kier molecular flexibility index (Phi) is 7.21. The molecule has 0 aromatic carbocycles. The average Bonchev–Trinajstić information content (AvgIpc) is 3.34. The number of nitrogens with zero attached hydrogens (tertiary/aromatic N) is 3. The lowest BCUT2D eigenvalue weighted by molar-refractivity contribution is -0.192. The van der Waals surface area contributed by atoms with Crippen molar-refractivity contribution in [2.75, 3.05) is 13.2 Å². The van der Waals surface area contributed by atoms with Gasteiger partial charge in [-0.3, -0.25) is 4.90 Å². The van der Waals surface area contributed by atoms with Crippen LogP contribution in [0.25, 0.3) is 0 Å². The Morgan fingerprint density at radius 3 is 2.73 bits per heavy atom. The number of aliphatic carboxylic acids is 1. The van der Waals surface area contributed by atoms with E-state index in [4.69, 9.17) is 19.4 Å². The normalized spacial score (nSPS) is 23.9. The minimum absolute atomic E-state index is 0.0369. The fourth-order valence-electron chi connectivity index (χ4n) is 3.42. The highest BCUT2D eigenvalue weighted by molar-refractivity contribution is 7.09. The third-order valence-corrected chi connectivity index (χ3v) is 5.47. The van der Waals surface area contributed by atoms with E-state index in [1.54, 1.807) is 23.6 Å². The van der Waals surface area contributed by atoms with E-state index in [1.807, 2.05) is 11.6 Å². The number of morpholine rings is 1. The second-order valence-electron chi connectivity index (χ2n) is 6.63. The van der Waals surface area contributed by atoms with Crippen LogP contribution < -0.4 is 4.74 Å². The fourth-order valence-corrected chi connectivity index (χ4v) is 4.06. The monoisotopic (exact) mass is 449 g/mol. The number of carboxylic acids is 1. The van der Waals surface area contributed by atoms with Gasteiger partial charge in [-0.2, -0.15) is 13.2 Å². The van der Waals surface area contributed by atoms with Crippen LogP contribution in [0.15, 0.2) is 29.9 Å². The smallest absolute Gasteiger partial charge is 0.475 e. The summed E-state index contributed by atoms with van der Waals surface area (Å²) in [6.45, 7) is 2.40. The van der Waals surface area contributed by atoms with Gasteiger partial charge in [0, 0.05) is 30.4 Å². The summed E-state index contributed by atoms with van der Waals surface area (Å²) in [4.78, 5) is 19.7. The molecule has 4 rings (SSSR count). The van der Waals surface area contributed by atoms with Gasteiger partial charge >= 0.3 is 12.1 Å². The molecule has 7 nitrogen and oxygen atoms in total. The van der Waals surface area contributed by atoms with E-state index < -0.39 is 18.0 Å². The molecule has 1 saturated carbocycles. The van der Waals surface area contributed by atoms with Crippen LogP contribution in [-0.4, -0.2) is 63.5 Å². The van der Waals surface area contributed by atoms with Crippen molar-refractivity contribution in [3.8, 4) is 5.88 Å². The minimum Gasteiger partial charge on any atom is -0.475 e. The SMILES string of the molecule is Fc1cccnc1O[C@@H]1CC[C@H]2[C@H]1OCCN2Cc1nccs1.O=C(O)C(F)(F)F. The Balaban J connectivity index is 0.000000318. The first-order valence-corrected chi connectivity index (χ1v) is 9.95. The number of fused-ring (bicyclic) bond motifs is 1. The van der Waals surface area contributed by atoms with Gasteiger partial charge in [0.05, 0.1) is 13.2 Å². The van der Waals surface area contributed by atoms with Crippen molar-refractivity contribution in [1.82, 2.24) is 14.9 Å². The molecule has 164 valence electrons. The summed E-state index contributed by atoms with van der Waals surface area (Å²) in [5.41, 5.74) is 0. The molecule has 2 aromatic rings. The van der Waals surface area contributed by atoms with Gasteiger partial charge in [-0.05, 0) is 25.0 Å². The fraction of sp³-hybridized carbons (Fsp3) is 0.500. The number of aromatic nitrogens is 2. The van der Waals surface area contributed by atoms with Gasteiger partial charge in [0.1, 0.15) is 17.2 Å². The van der Waals surface area contributed by atoms with Crippen LogP contribution >= 0.6 is 11.3 Å². The summed E-state index contributed by atoms with van der Waals surface area (Å²) < 4.78 is 57.2. The number of carboxylic acid groups (broad SMARTS) is 1. The van der Waals surface area contributed by atoms with E-state index in [-0.39, 0.29) is 18.1 Å². The Morgan fingerprint density at radius 1 is 1.33 bits per heavy atom. The number of thiazole rings is 1. The van der Waals surface area contributed by atoms with E-state index in [1.165, 1.54) is 6.07 Å². The van der Waals surface area contributed by atoms with Gasteiger partial charge in [0.15, 0.2) is 5.82 Å². The van der Waals surface area contributed by atoms with Crippen LogP contribution in [0, 0.1) is 5.82 Å². The molecule has 1 aliphatic heterocycles. The second-order valence-corrected chi connectivity index (χ2v) is 7.61. The van der Waals surface area contributed by atoms with E-state index in [2.05, 4.69) is 14.9 Å². The number of carbonyl (C=O) groups is 1. The van der Waals surface area contributed by atoms with E-state index in [0.717, 1.165) is 30.9 Å². The highest BCUT2D eigenvalue weighted by Gasteiger charge is 2.44. The summed E-state index contributed by atoms with van der Waals surface area (Å²) in [7, 11) is 0. The van der Waals surface area contributed by atoms with Crippen LogP contribution in [0.4, 0.5) is 17.6 Å². The number of pyridine rings is 1. The van der Waals surface area contributed by atoms with Crippen molar-refractivity contribution in [2.45, 2.75) is 43.8 Å². The summed E-state index contributed by atoms with van der Waals surface area (Å²) >= 11 is 1.67. The van der Waals surface area contributed by atoms with Gasteiger partial charge in [-0.1, -0.05) is 0 Å². The number of halogens is 4. The van der Waals surface area contributed by atoms with Gasteiger partial charge < -0.3 is 14.6 Å². The molecule has 12 heteroatoms. The molecule has 2 aromatic heterocycles. The summed E-state index contributed by atoms with van der Waals surface area (Å²) in [5.74, 6) is -3.11. The molecule has 0 bridgehead atoms. The number of alkyl halides is 3. The predicted molar refractivity (Wildman–Crippen MR) is 97.6 cm³/mol. The maximum Gasteiger partial charge on any atom is 0.490 e. The Hall–Kier alpha value is -2.31. The van der Waals surface area contributed by atoms with Crippen LogP contribution in [0.3, 0.4) is 0 Å². The van der Waals surface area contributed by atoms with Crippen molar-refractivity contribution in [2.24, 2.45) is 0 Å². The van der Waals surface area contributed by atoms with E-state index in [0.29, 0.717) is 12.6 Å². The maximum atomic E-state index is 13.8. The summed E-state index contributed by atoms with van der Waals surface area (Å²) in [6, 6.07) is 3.22. The molecule has 1 N–H and O–H groups in total. The van der Waals surface area contributed by atoms with Gasteiger partial charge in [-0.25, -0.2) is 19.2 Å². The third kappa shape index (κ3) is 5.64. The predicted octanol–water partition coefficient (Wildman–Crippen LogP) is 3.12. The number of ether oxygens (including phenoxy) is 2. The minimum atomic E-state index is -5.08. The van der Waals surface area contributed by atoms with Crippen LogP contribution in [0.2, 0.25) is 0 Å². The zero-order valence-electron chi connectivity index (χ0n) is 15.6. The van der Waals surface area contributed by atoms with E-state index >= 15 is 0 Å². The van der Waals surface area contributed by atoms with Crippen molar-refractivity contribution >= 4 is 17.3 Å². The lowest BCUT2D eigenvalue weighted by Crippen LogP contribution is -2.51. The van der Waals surface area contributed by atoms with Gasteiger partial charge in [-0.15, -0.1) is 11.3 Å². The van der Waals surface area contributed by atoms with Crippen molar-refractivity contribution in [1.29, 1.82) is 0 Å². The summed E-state index contributed by atoms with van der Waals surface area (Å²) in [5, 5.41) is 10.2. The molecule has 2 aliphatic rings. The molecular formula is C18H19F4N3O4S. The average molecular weight is 449 g/mol. The Labute approximate surface area is 173 Å². The standard InChI is InChI=1S/C16H18FN3O2S.C2HF3O2/c17-11-2-1-5-19-16(11)22-13-4-3-12-15(13)21-8-7-20(12)10-14-18-6-9-23-14;3-2(4,5)1(6)7/h1-2,5-6,9,12-13,15H,3-4,7-8,10H2;(H,6,7)/t12-,13+,15+;/m0./s1. The number of rotatable bonds is 4. The molecule has 30 heavy (non-hydrogen) atoms. The first-order chi connectivity index (χ1) is 14.3. The molecule has 2 fully saturated rings. The van der Waals surface area contributed by atoms with Crippen LogP contribution in [-0.2, 0) is 16.1 Å². The summed E-state index contributed by atoms with van der Waals surface area (Å²) in [6.07, 6.45) is -0.0629. The quantitative estimate of drug-likeness (QED) is 0.718. The van der Waals surface area contributed by atoms with Crippen molar-refractivity contribution < 1.29 is 36.9 Å². The Bertz CT molecular complexity index is 837. The number of hydrogen-bond acceptors (Lipinski definition) is 7. The topological polar surface area (TPSA) is 84.8 Å². The van der Waals surface area contributed by atoms with Crippen molar-refractivity contribution in [3.05, 3.63) is 40.7 Å². The molecule has 0 unspecified atom stereocenters. The molecule has 1 saturated heterocycles. The van der Waals surface area contributed by atoms with Crippen molar-refractivity contribution in [3.63, 3.8) is 0 Å². The van der Waals surface area contributed by atoms with Gasteiger partial charge in [0.2, 0.25) is 0 Å². The van der Waals surface area contributed by atoms with Crippen LogP contribution in [0.1, 0.15) is 17.8 Å². The molecular weight excluding hydrogens is 430 g/mol. The third-order valence-electron chi connectivity index (χ3n) is 4.70. The molecule has 1 aliphatic carbocycles. The first kappa shape index (κ1) is 22.4. The zero-order valence-corrected chi connectivity index (χ0v) is 16.4. The van der Waals surface area contributed by atoms with Gasteiger partial charge in [0.25, 0.3) is 5.88 Å². The van der Waals surface area contributed by atoms with E-state index in [9.17, 15) is 17.6 Å². The zero-order chi connectivity index (χ0) is 21.7. The second kappa shape index (κ2) is 9.67. The maximum absolute atomic E-state index is 13.8. The highest BCUT2D eigenvalue weighted by Crippen LogP contribution is 2.34. The molecule has 0 spiro atoms. The highest BCUT2D eigenvalue weighted by atomic mass is 32.1. The molecule has 3 heterocycles. The molecule has 0 radical (unpaired) electrons. The Morgan fingerprint density at radius 2 is 2.10 bits per heavy atom. The van der Waals surface area contributed by atoms with Crippen LogP contribution in [0.5, 0.6) is 5.88 Å². The lowest BCUT2D eigenvalue weighted by Gasteiger charge is -2.38. The largest absolute Gasteiger partial charge is 0.490 e. The first-order valence-electron chi connectivity index (χ1n) is 9.07. The number of hydrogen-bond donors (Lipinski definition) is 1. The molecule has 0 amide bonds. The lowest BCUT2D eigenvalue weighted by atomic mass is 10.1.